The van der Waals surface area contributed by atoms with E-state index in [2.05, 4.69) is 18.7 Å². The van der Waals surface area contributed by atoms with Crippen molar-refractivity contribution >= 4 is 11.8 Å². The minimum atomic E-state index is 1.10. The third-order valence-electron chi connectivity index (χ3n) is 1.78. The molecule has 0 bridgehead atoms. The van der Waals surface area contributed by atoms with Gasteiger partial charge in [0.2, 0.25) is 0 Å². The topological polar surface area (TPSA) is 0 Å². The second-order valence-electron chi connectivity index (χ2n) is 2.46. The normalized spacial score (nSPS) is 20.6. The highest BCUT2D eigenvalue weighted by atomic mass is 32.2. The van der Waals surface area contributed by atoms with Crippen molar-refractivity contribution < 1.29 is 0 Å². The molecule has 1 aliphatic rings. The second kappa shape index (κ2) is 3.39. The van der Waals surface area contributed by atoms with Crippen LogP contribution >= 0.6 is 11.8 Å². The van der Waals surface area contributed by atoms with Crippen LogP contribution in [0, 0.1) is 5.92 Å². The summed E-state index contributed by atoms with van der Waals surface area (Å²) >= 11 is 2.09. The van der Waals surface area contributed by atoms with Crippen LogP contribution in [-0.2, 0) is 0 Å². The van der Waals surface area contributed by atoms with Gasteiger partial charge < -0.3 is 0 Å². The van der Waals surface area contributed by atoms with E-state index in [4.69, 9.17) is 0 Å². The fourth-order valence-corrected chi connectivity index (χ4v) is 1.85. The zero-order valence-electron chi connectivity index (χ0n) is 5.52. The lowest BCUT2D eigenvalue weighted by Crippen LogP contribution is -2.13. The molecular weight excluding hydrogens is 116 g/mol. The lowest BCUT2D eigenvalue weighted by atomic mass is 9.87. The highest BCUT2D eigenvalue weighted by molar-refractivity contribution is 7.99. The van der Waals surface area contributed by atoms with Gasteiger partial charge in [0.25, 0.3) is 0 Å². The molecule has 48 valence electrons. The Morgan fingerprint density at radius 2 is 2.25 bits per heavy atom. The first kappa shape index (κ1) is 6.47. The lowest BCUT2D eigenvalue weighted by Gasteiger charge is -2.24. The molecule has 0 atom stereocenters. The monoisotopic (exact) mass is 130 g/mol. The molecule has 0 N–H and O–H groups in total. The minimum absolute atomic E-state index is 1.10. The molecule has 0 aromatic heterocycles. The van der Waals surface area contributed by atoms with Gasteiger partial charge in [-0.15, -0.1) is 0 Å². The summed E-state index contributed by atoms with van der Waals surface area (Å²) in [4.78, 5) is 0. The summed E-state index contributed by atoms with van der Waals surface area (Å²) in [5.74, 6) is 3.83. The van der Waals surface area contributed by atoms with E-state index in [-0.39, 0.29) is 0 Å². The molecule has 0 saturated heterocycles. The summed E-state index contributed by atoms with van der Waals surface area (Å²) in [7, 11) is 0. The van der Waals surface area contributed by atoms with E-state index in [0.29, 0.717) is 0 Å². The van der Waals surface area contributed by atoms with Crippen molar-refractivity contribution in [2.45, 2.75) is 26.2 Å². The molecule has 1 aliphatic carbocycles. The van der Waals surface area contributed by atoms with Crippen molar-refractivity contribution in [1.29, 1.82) is 0 Å². The Morgan fingerprint density at radius 3 is 2.62 bits per heavy atom. The van der Waals surface area contributed by atoms with Crippen molar-refractivity contribution in [2.24, 2.45) is 5.92 Å². The lowest BCUT2D eigenvalue weighted by molar-refractivity contribution is 0.353. The Hall–Kier alpha value is 0.350. The van der Waals surface area contributed by atoms with Gasteiger partial charge in [0, 0.05) is 0 Å². The Balaban J connectivity index is 1.86. The summed E-state index contributed by atoms with van der Waals surface area (Å²) in [5.41, 5.74) is 0. The van der Waals surface area contributed by atoms with Crippen LogP contribution in [0.1, 0.15) is 26.2 Å². The molecule has 0 radical (unpaired) electrons. The zero-order valence-corrected chi connectivity index (χ0v) is 6.34. The fraction of sp³-hybridized carbons (Fsp3) is 1.00. The first-order valence-corrected chi connectivity index (χ1v) is 4.66. The standard InChI is InChI=1S/C7H14S/c1-2-8-6-7-4-3-5-7/h7H,2-6H2,1H3. The van der Waals surface area contributed by atoms with Crippen molar-refractivity contribution in [3.05, 3.63) is 0 Å². The number of thioether (sulfide) groups is 1. The third-order valence-corrected chi connectivity index (χ3v) is 2.90. The first-order chi connectivity index (χ1) is 3.93. The zero-order chi connectivity index (χ0) is 5.82. The van der Waals surface area contributed by atoms with Crippen LogP contribution in [0.25, 0.3) is 0 Å². The second-order valence-corrected chi connectivity index (χ2v) is 3.78. The van der Waals surface area contributed by atoms with E-state index in [0.717, 1.165) is 5.92 Å². The summed E-state index contributed by atoms with van der Waals surface area (Å²) in [6, 6.07) is 0. The summed E-state index contributed by atoms with van der Waals surface area (Å²) in [6.07, 6.45) is 4.51. The average Bonchev–Trinajstić information content (AvgIpc) is 1.63. The molecule has 0 heterocycles. The largest absolute Gasteiger partial charge is 0.162 e. The molecule has 0 amide bonds. The molecule has 1 fully saturated rings. The van der Waals surface area contributed by atoms with Gasteiger partial charge in [-0.25, -0.2) is 0 Å². The Kier molecular flexibility index (Phi) is 2.74. The molecule has 0 unspecified atom stereocenters. The molecule has 0 nitrogen and oxygen atoms in total. The van der Waals surface area contributed by atoms with Gasteiger partial charge in [0.05, 0.1) is 0 Å². The predicted molar refractivity (Wildman–Crippen MR) is 40.3 cm³/mol. The van der Waals surface area contributed by atoms with E-state index < -0.39 is 0 Å². The molecule has 0 aliphatic heterocycles. The van der Waals surface area contributed by atoms with Crippen LogP contribution in [0.15, 0.2) is 0 Å². The molecule has 1 saturated carbocycles. The molecule has 0 aromatic rings. The van der Waals surface area contributed by atoms with E-state index in [1.807, 2.05) is 0 Å². The van der Waals surface area contributed by atoms with Gasteiger partial charge in [-0.1, -0.05) is 13.3 Å². The highest BCUT2D eigenvalue weighted by Gasteiger charge is 2.15. The van der Waals surface area contributed by atoms with Crippen molar-refractivity contribution in [1.82, 2.24) is 0 Å². The average molecular weight is 130 g/mol. The van der Waals surface area contributed by atoms with Crippen LogP contribution in [-0.4, -0.2) is 11.5 Å². The Bertz CT molecular complexity index is 57.4. The van der Waals surface area contributed by atoms with Gasteiger partial charge in [0.15, 0.2) is 0 Å². The van der Waals surface area contributed by atoms with Crippen LogP contribution < -0.4 is 0 Å². The maximum absolute atomic E-state index is 2.24. The summed E-state index contributed by atoms with van der Waals surface area (Å²) < 4.78 is 0. The van der Waals surface area contributed by atoms with Crippen molar-refractivity contribution in [2.75, 3.05) is 11.5 Å². The van der Waals surface area contributed by atoms with Gasteiger partial charge in [-0.2, -0.15) is 11.8 Å². The third kappa shape index (κ3) is 1.70. The predicted octanol–water partition coefficient (Wildman–Crippen LogP) is 2.54. The molecule has 0 aromatic carbocycles. The molecule has 0 spiro atoms. The molecular formula is C7H14S. The maximum Gasteiger partial charge on any atom is -0.00392 e. The van der Waals surface area contributed by atoms with Crippen LogP contribution in [0.5, 0.6) is 0 Å². The van der Waals surface area contributed by atoms with Gasteiger partial charge >= 0.3 is 0 Å². The van der Waals surface area contributed by atoms with Crippen LogP contribution in [0.2, 0.25) is 0 Å². The van der Waals surface area contributed by atoms with Crippen LogP contribution in [0.4, 0.5) is 0 Å². The molecule has 1 rings (SSSR count). The van der Waals surface area contributed by atoms with Crippen LogP contribution in [0.3, 0.4) is 0 Å². The van der Waals surface area contributed by atoms with E-state index in [1.54, 1.807) is 0 Å². The van der Waals surface area contributed by atoms with E-state index in [1.165, 1.54) is 30.8 Å². The van der Waals surface area contributed by atoms with E-state index >= 15 is 0 Å². The smallest absolute Gasteiger partial charge is 0.00392 e. The molecule has 8 heavy (non-hydrogen) atoms. The Morgan fingerprint density at radius 1 is 1.50 bits per heavy atom. The van der Waals surface area contributed by atoms with Crippen molar-refractivity contribution in [3.8, 4) is 0 Å². The van der Waals surface area contributed by atoms with Crippen molar-refractivity contribution in [3.63, 3.8) is 0 Å². The number of hydrogen-bond donors (Lipinski definition) is 0. The van der Waals surface area contributed by atoms with Gasteiger partial charge in [-0.3, -0.25) is 0 Å². The first-order valence-electron chi connectivity index (χ1n) is 3.51. The number of hydrogen-bond acceptors (Lipinski definition) is 1. The summed E-state index contributed by atoms with van der Waals surface area (Å²) in [5, 5.41) is 0. The van der Waals surface area contributed by atoms with Gasteiger partial charge in [-0.05, 0) is 30.3 Å². The van der Waals surface area contributed by atoms with Gasteiger partial charge in [0.1, 0.15) is 0 Å². The SMILES string of the molecule is CCSCC1CCC1. The number of rotatable bonds is 3. The highest BCUT2D eigenvalue weighted by Crippen LogP contribution is 2.29. The van der Waals surface area contributed by atoms with E-state index in [9.17, 15) is 0 Å². The maximum atomic E-state index is 2.24. The fourth-order valence-electron chi connectivity index (χ4n) is 0.944. The Labute approximate surface area is 56.0 Å². The minimum Gasteiger partial charge on any atom is -0.162 e. The summed E-state index contributed by atoms with van der Waals surface area (Å²) in [6.45, 7) is 2.24. The molecule has 1 heteroatoms. The quantitative estimate of drug-likeness (QED) is 0.565.